The van der Waals surface area contributed by atoms with Gasteiger partial charge in [0, 0.05) is 25.8 Å². The number of nitrogens with zero attached hydrogens (tertiary/aromatic N) is 3. The van der Waals surface area contributed by atoms with Crippen molar-refractivity contribution in [1.82, 2.24) is 14.7 Å². The van der Waals surface area contributed by atoms with Crippen LogP contribution < -0.4 is 4.74 Å². The molecule has 0 radical (unpaired) electrons. The summed E-state index contributed by atoms with van der Waals surface area (Å²) in [5.41, 5.74) is 0.559. The summed E-state index contributed by atoms with van der Waals surface area (Å²) >= 11 is 0. The van der Waals surface area contributed by atoms with E-state index in [2.05, 4.69) is 12.0 Å². The second kappa shape index (κ2) is 7.63. The number of carbonyl (C=O) groups is 1. The fourth-order valence-corrected chi connectivity index (χ4v) is 2.71. The van der Waals surface area contributed by atoms with Crippen LogP contribution >= 0.6 is 0 Å². The summed E-state index contributed by atoms with van der Waals surface area (Å²) < 4.78 is 13.2. The Morgan fingerprint density at radius 1 is 1.32 bits per heavy atom. The smallest absolute Gasteiger partial charge is 0.261 e. The van der Waals surface area contributed by atoms with Crippen LogP contribution in [0, 0.1) is 0 Å². The van der Waals surface area contributed by atoms with Gasteiger partial charge >= 0.3 is 0 Å². The zero-order valence-electron chi connectivity index (χ0n) is 14.0. The van der Waals surface area contributed by atoms with Crippen LogP contribution in [0.1, 0.15) is 50.9 Å². The molecule has 1 saturated heterocycles. The van der Waals surface area contributed by atoms with Gasteiger partial charge in [-0.2, -0.15) is 0 Å². The zero-order valence-corrected chi connectivity index (χ0v) is 14.0. The molecule has 2 unspecified atom stereocenters. The van der Waals surface area contributed by atoms with Crippen LogP contribution in [0.3, 0.4) is 0 Å². The second-order valence-corrected chi connectivity index (χ2v) is 5.93. The van der Waals surface area contributed by atoms with Crippen molar-refractivity contribution in [3.63, 3.8) is 0 Å². The third-order valence-corrected chi connectivity index (χ3v) is 3.56. The van der Waals surface area contributed by atoms with Gasteiger partial charge in [0.1, 0.15) is 5.56 Å². The van der Waals surface area contributed by atoms with E-state index in [0.29, 0.717) is 31.1 Å². The summed E-state index contributed by atoms with van der Waals surface area (Å²) in [5.74, 6) is 0.433. The lowest BCUT2D eigenvalue weighted by atomic mass is 10.2. The summed E-state index contributed by atoms with van der Waals surface area (Å²) in [4.78, 5) is 14.7. The standard InChI is InChI=1S/C16H27N3O3/c1-5-7-19-11-14(15(17-19)21-8-6-2)16(20)18-9-12(3)22-13(4)10-18/h11-13H,5-10H2,1-4H3. The first-order valence-corrected chi connectivity index (χ1v) is 8.20. The quantitative estimate of drug-likeness (QED) is 0.809. The summed E-state index contributed by atoms with van der Waals surface area (Å²) in [6, 6.07) is 0. The third kappa shape index (κ3) is 4.00. The van der Waals surface area contributed by atoms with E-state index in [1.807, 2.05) is 31.9 Å². The number of amides is 1. The molecule has 1 aliphatic rings. The highest BCUT2D eigenvalue weighted by atomic mass is 16.5. The van der Waals surface area contributed by atoms with Gasteiger partial charge in [-0.25, -0.2) is 0 Å². The average Bonchev–Trinajstić information content (AvgIpc) is 2.86. The Labute approximate surface area is 132 Å². The first kappa shape index (κ1) is 16.8. The Bertz CT molecular complexity index is 491. The van der Waals surface area contributed by atoms with Crippen molar-refractivity contribution >= 4 is 5.91 Å². The fraction of sp³-hybridized carbons (Fsp3) is 0.750. The number of morpholine rings is 1. The Kier molecular flexibility index (Phi) is 5.83. The Morgan fingerprint density at radius 2 is 2.00 bits per heavy atom. The maximum Gasteiger partial charge on any atom is 0.261 e. The highest BCUT2D eigenvalue weighted by Crippen LogP contribution is 2.21. The minimum atomic E-state index is -0.0181. The zero-order chi connectivity index (χ0) is 16.1. The van der Waals surface area contributed by atoms with Crippen molar-refractivity contribution in [2.24, 2.45) is 0 Å². The molecule has 0 N–H and O–H groups in total. The van der Waals surface area contributed by atoms with Gasteiger partial charge in [0.05, 0.1) is 18.8 Å². The van der Waals surface area contributed by atoms with Crippen LogP contribution in [0.5, 0.6) is 5.88 Å². The molecule has 2 heterocycles. The van der Waals surface area contributed by atoms with Crippen molar-refractivity contribution in [2.45, 2.75) is 59.3 Å². The van der Waals surface area contributed by atoms with E-state index in [9.17, 15) is 4.79 Å². The largest absolute Gasteiger partial charge is 0.476 e. The van der Waals surface area contributed by atoms with Gasteiger partial charge in [0.15, 0.2) is 0 Å². The number of rotatable bonds is 6. The molecule has 0 spiro atoms. The second-order valence-electron chi connectivity index (χ2n) is 5.93. The molecular weight excluding hydrogens is 282 g/mol. The summed E-state index contributed by atoms with van der Waals surface area (Å²) in [6.07, 6.45) is 3.77. The summed E-state index contributed by atoms with van der Waals surface area (Å²) in [5, 5.41) is 4.41. The summed E-state index contributed by atoms with van der Waals surface area (Å²) in [7, 11) is 0. The topological polar surface area (TPSA) is 56.6 Å². The van der Waals surface area contributed by atoms with Gasteiger partial charge in [-0.1, -0.05) is 13.8 Å². The summed E-state index contributed by atoms with van der Waals surface area (Å²) in [6.45, 7) is 10.7. The molecule has 6 heteroatoms. The van der Waals surface area contributed by atoms with Crippen LogP contribution in [-0.4, -0.2) is 52.5 Å². The first-order valence-electron chi connectivity index (χ1n) is 8.20. The lowest BCUT2D eigenvalue weighted by Gasteiger charge is -2.35. The van der Waals surface area contributed by atoms with E-state index in [-0.39, 0.29) is 18.1 Å². The molecular formula is C16H27N3O3. The maximum absolute atomic E-state index is 12.8. The van der Waals surface area contributed by atoms with Crippen LogP contribution in [0.15, 0.2) is 6.20 Å². The predicted octanol–water partition coefficient (Wildman–Crippen LogP) is 2.33. The molecule has 1 amide bonds. The Balaban J connectivity index is 2.19. The molecule has 0 bridgehead atoms. The highest BCUT2D eigenvalue weighted by Gasteiger charge is 2.29. The molecule has 0 saturated carbocycles. The van der Waals surface area contributed by atoms with E-state index in [0.717, 1.165) is 19.4 Å². The molecule has 124 valence electrons. The molecule has 2 rings (SSSR count). The predicted molar refractivity (Wildman–Crippen MR) is 84.2 cm³/mol. The molecule has 0 aliphatic carbocycles. The van der Waals surface area contributed by atoms with E-state index in [1.165, 1.54) is 0 Å². The SMILES string of the molecule is CCCOc1nn(CCC)cc1C(=O)N1CC(C)OC(C)C1. The Morgan fingerprint density at radius 3 is 2.59 bits per heavy atom. The molecule has 1 fully saturated rings. The average molecular weight is 309 g/mol. The van der Waals surface area contributed by atoms with Crippen molar-refractivity contribution < 1.29 is 14.3 Å². The molecule has 1 aliphatic heterocycles. The first-order chi connectivity index (χ1) is 10.5. The number of hydrogen-bond acceptors (Lipinski definition) is 4. The molecule has 22 heavy (non-hydrogen) atoms. The maximum atomic E-state index is 12.8. The third-order valence-electron chi connectivity index (χ3n) is 3.56. The van der Waals surface area contributed by atoms with Crippen LogP contribution in [0.2, 0.25) is 0 Å². The lowest BCUT2D eigenvalue weighted by Crippen LogP contribution is -2.48. The van der Waals surface area contributed by atoms with Gasteiger partial charge in [0.2, 0.25) is 5.88 Å². The van der Waals surface area contributed by atoms with Crippen LogP contribution in [-0.2, 0) is 11.3 Å². The van der Waals surface area contributed by atoms with Gasteiger partial charge in [-0.3, -0.25) is 9.48 Å². The minimum absolute atomic E-state index is 0.0181. The molecule has 1 aromatic heterocycles. The molecule has 2 atom stereocenters. The minimum Gasteiger partial charge on any atom is -0.476 e. The van der Waals surface area contributed by atoms with E-state index in [4.69, 9.17) is 9.47 Å². The van der Waals surface area contributed by atoms with Crippen molar-refractivity contribution in [3.05, 3.63) is 11.8 Å². The fourth-order valence-electron chi connectivity index (χ4n) is 2.71. The number of aromatic nitrogens is 2. The van der Waals surface area contributed by atoms with E-state index >= 15 is 0 Å². The van der Waals surface area contributed by atoms with Crippen molar-refractivity contribution in [1.29, 1.82) is 0 Å². The van der Waals surface area contributed by atoms with Crippen LogP contribution in [0.4, 0.5) is 0 Å². The Hall–Kier alpha value is -1.56. The number of carbonyl (C=O) groups excluding carboxylic acids is 1. The molecule has 1 aromatic rings. The number of aryl methyl sites for hydroxylation is 1. The van der Waals surface area contributed by atoms with Crippen molar-refractivity contribution in [3.8, 4) is 5.88 Å². The van der Waals surface area contributed by atoms with E-state index in [1.54, 1.807) is 4.68 Å². The monoisotopic (exact) mass is 309 g/mol. The lowest BCUT2D eigenvalue weighted by molar-refractivity contribution is -0.0586. The highest BCUT2D eigenvalue weighted by molar-refractivity contribution is 5.96. The van der Waals surface area contributed by atoms with Gasteiger partial charge < -0.3 is 14.4 Å². The normalized spacial score (nSPS) is 21.9. The number of hydrogen-bond donors (Lipinski definition) is 0. The molecule has 0 aromatic carbocycles. The van der Waals surface area contributed by atoms with Gasteiger partial charge in [-0.15, -0.1) is 5.10 Å². The number of ether oxygens (including phenoxy) is 2. The van der Waals surface area contributed by atoms with Crippen molar-refractivity contribution in [2.75, 3.05) is 19.7 Å². The van der Waals surface area contributed by atoms with Crippen LogP contribution in [0.25, 0.3) is 0 Å². The molecule has 6 nitrogen and oxygen atoms in total. The van der Waals surface area contributed by atoms with Gasteiger partial charge in [0.25, 0.3) is 5.91 Å². The van der Waals surface area contributed by atoms with E-state index < -0.39 is 0 Å². The van der Waals surface area contributed by atoms with Gasteiger partial charge in [-0.05, 0) is 26.7 Å².